The van der Waals surface area contributed by atoms with Crippen LogP contribution in [0.1, 0.15) is 47.8 Å². The topological polar surface area (TPSA) is 144 Å². The molecule has 6 aromatic rings. The number of carbonyl (C=O) groups is 3. The number of benzene rings is 6. The molecule has 67 heavy (non-hydrogen) atoms. The number of esters is 3. The maximum Gasteiger partial charge on any atom is 0.338 e. The van der Waals surface area contributed by atoms with Gasteiger partial charge in [-0.15, -0.1) is 0 Å². The molecule has 13 nitrogen and oxygen atoms in total. The lowest BCUT2D eigenvalue weighted by Gasteiger charge is -2.45. The quantitative estimate of drug-likeness (QED) is 0.0570. The number of rotatable bonds is 19. The average Bonchev–Trinajstić information content (AvgIpc) is 3.39. The highest BCUT2D eigenvalue weighted by atomic mass is 16.7. The molecule has 0 saturated carbocycles. The van der Waals surface area contributed by atoms with Gasteiger partial charge < -0.3 is 47.4 Å². The monoisotopic (exact) mass is 908 g/mol. The van der Waals surface area contributed by atoms with Gasteiger partial charge in [-0.25, -0.2) is 14.4 Å². The molecule has 0 aromatic heterocycles. The van der Waals surface area contributed by atoms with E-state index in [-0.39, 0.29) is 43.1 Å². The van der Waals surface area contributed by atoms with Crippen LogP contribution in [0.5, 0.6) is 0 Å². The molecule has 2 heterocycles. The van der Waals surface area contributed by atoms with Crippen LogP contribution in [0.4, 0.5) is 0 Å². The van der Waals surface area contributed by atoms with Gasteiger partial charge in [-0.1, -0.05) is 146 Å². The molecule has 2 aliphatic rings. The Hall–Kier alpha value is -6.55. The van der Waals surface area contributed by atoms with Crippen LogP contribution >= 0.6 is 0 Å². The summed E-state index contributed by atoms with van der Waals surface area (Å²) in [6.07, 6.45) is -10.1. The predicted octanol–water partition coefficient (Wildman–Crippen LogP) is 8.16. The molecule has 0 bridgehead atoms. The van der Waals surface area contributed by atoms with Gasteiger partial charge in [0.25, 0.3) is 0 Å². The molecule has 0 aliphatic carbocycles. The number of methoxy groups -OCH3 is 1. The molecule has 5 unspecified atom stereocenters. The van der Waals surface area contributed by atoms with E-state index in [1.807, 2.05) is 91.0 Å². The molecule has 346 valence electrons. The Labute approximate surface area is 389 Å². The highest BCUT2D eigenvalue weighted by Crippen LogP contribution is 2.33. The standard InChI is InChI=1S/C54H52O13/c1-58-53-49(67-52(57)42-30-18-7-19-31-42)47(66-51(56)41-28-16-6-17-29-41)46(65-50(55)40-26-14-5-15-27-40)44(64-53)36-63-54-48(61-34-39-24-12-4-13-25-39)45(60-33-38-22-10-3-11-23-38)43(35-62-54)59-32-37-20-8-2-9-21-37/h2-31,43-49,53-54H,32-36H2,1H3/t43-,44?,45?,46-,47?,48?,49?,53+,54-/m1/s1. The van der Waals surface area contributed by atoms with E-state index in [0.29, 0.717) is 6.61 Å². The van der Waals surface area contributed by atoms with E-state index in [9.17, 15) is 14.4 Å². The molecule has 13 heteroatoms. The van der Waals surface area contributed by atoms with E-state index in [1.165, 1.54) is 7.11 Å². The van der Waals surface area contributed by atoms with Crippen molar-refractivity contribution in [2.24, 2.45) is 0 Å². The van der Waals surface area contributed by atoms with Gasteiger partial charge in [0, 0.05) is 7.11 Å². The van der Waals surface area contributed by atoms with Crippen molar-refractivity contribution < 1.29 is 61.8 Å². The number of hydrogen-bond acceptors (Lipinski definition) is 13. The maximum absolute atomic E-state index is 14.0. The molecule has 9 atom stereocenters. The summed E-state index contributed by atoms with van der Waals surface area (Å²) >= 11 is 0. The summed E-state index contributed by atoms with van der Waals surface area (Å²) in [4.78, 5) is 41.7. The first-order chi connectivity index (χ1) is 32.9. The van der Waals surface area contributed by atoms with Gasteiger partial charge in [0.05, 0.1) is 49.7 Å². The largest absolute Gasteiger partial charge is 0.452 e. The molecular formula is C54H52O13. The van der Waals surface area contributed by atoms with Crippen LogP contribution in [0.25, 0.3) is 0 Å². The molecule has 2 fully saturated rings. The van der Waals surface area contributed by atoms with Crippen molar-refractivity contribution in [1.29, 1.82) is 0 Å². The first-order valence-electron chi connectivity index (χ1n) is 22.1. The normalized spacial score (nSPS) is 23.7. The smallest absolute Gasteiger partial charge is 0.338 e. The second kappa shape index (κ2) is 23.8. The van der Waals surface area contributed by atoms with Crippen molar-refractivity contribution in [1.82, 2.24) is 0 Å². The van der Waals surface area contributed by atoms with Gasteiger partial charge in [0.15, 0.2) is 30.9 Å². The van der Waals surface area contributed by atoms with Gasteiger partial charge in [-0.2, -0.15) is 0 Å². The lowest BCUT2D eigenvalue weighted by molar-refractivity contribution is -0.325. The second-order valence-corrected chi connectivity index (χ2v) is 15.9. The zero-order valence-corrected chi connectivity index (χ0v) is 36.9. The molecule has 0 spiro atoms. The zero-order valence-electron chi connectivity index (χ0n) is 36.9. The number of ether oxygens (including phenoxy) is 10. The molecular weight excluding hydrogens is 857 g/mol. The van der Waals surface area contributed by atoms with E-state index >= 15 is 0 Å². The number of carbonyl (C=O) groups excluding carboxylic acids is 3. The van der Waals surface area contributed by atoms with E-state index in [0.717, 1.165) is 16.7 Å². The minimum atomic E-state index is -1.48. The highest BCUT2D eigenvalue weighted by Gasteiger charge is 2.54. The van der Waals surface area contributed by atoms with Crippen molar-refractivity contribution in [3.8, 4) is 0 Å². The number of hydrogen-bond donors (Lipinski definition) is 0. The Morgan fingerprint density at radius 2 is 0.821 bits per heavy atom. The molecule has 6 aromatic carbocycles. The Morgan fingerprint density at radius 1 is 0.433 bits per heavy atom. The summed E-state index contributed by atoms with van der Waals surface area (Å²) in [5.41, 5.74) is 3.46. The maximum atomic E-state index is 14.0. The van der Waals surface area contributed by atoms with E-state index in [4.69, 9.17) is 47.4 Å². The van der Waals surface area contributed by atoms with Crippen molar-refractivity contribution in [3.63, 3.8) is 0 Å². The van der Waals surface area contributed by atoms with E-state index < -0.39 is 73.2 Å². The van der Waals surface area contributed by atoms with Crippen molar-refractivity contribution in [2.45, 2.75) is 75.1 Å². The van der Waals surface area contributed by atoms with Crippen LogP contribution in [0, 0.1) is 0 Å². The van der Waals surface area contributed by atoms with Crippen LogP contribution in [-0.2, 0) is 67.2 Å². The van der Waals surface area contributed by atoms with Gasteiger partial charge in [-0.05, 0) is 53.1 Å². The van der Waals surface area contributed by atoms with Gasteiger partial charge in [-0.3, -0.25) is 0 Å². The summed E-state index contributed by atoms with van der Waals surface area (Å²) in [6, 6.07) is 54.1. The highest BCUT2D eigenvalue weighted by molar-refractivity contribution is 5.91. The minimum absolute atomic E-state index is 0.0651. The summed E-state index contributed by atoms with van der Waals surface area (Å²) in [6.45, 7) is 0.460. The Bertz CT molecular complexity index is 2430. The van der Waals surface area contributed by atoms with Crippen LogP contribution in [0.3, 0.4) is 0 Å². The summed E-state index contributed by atoms with van der Waals surface area (Å²) in [5.74, 6) is -2.28. The third kappa shape index (κ3) is 12.7. The van der Waals surface area contributed by atoms with E-state index in [2.05, 4.69) is 0 Å². The second-order valence-electron chi connectivity index (χ2n) is 15.9. The molecule has 0 radical (unpaired) electrons. The fourth-order valence-electron chi connectivity index (χ4n) is 7.81. The Balaban J connectivity index is 1.11. The van der Waals surface area contributed by atoms with Gasteiger partial charge >= 0.3 is 17.9 Å². The summed E-state index contributed by atoms with van der Waals surface area (Å²) < 4.78 is 63.8. The van der Waals surface area contributed by atoms with Gasteiger partial charge in [0.1, 0.15) is 24.4 Å². The van der Waals surface area contributed by atoms with Gasteiger partial charge in [0.2, 0.25) is 0 Å². The molecule has 8 rings (SSSR count). The fourth-order valence-corrected chi connectivity index (χ4v) is 7.81. The van der Waals surface area contributed by atoms with Crippen molar-refractivity contribution >= 4 is 17.9 Å². The lowest BCUT2D eigenvalue weighted by Crippen LogP contribution is -2.63. The fraction of sp³-hybridized carbons (Fsp3) is 0.278. The molecule has 2 saturated heterocycles. The van der Waals surface area contributed by atoms with E-state index in [1.54, 1.807) is 91.0 Å². The third-order valence-electron chi connectivity index (χ3n) is 11.3. The van der Waals surface area contributed by atoms with Crippen LogP contribution in [0.15, 0.2) is 182 Å². The molecule has 0 N–H and O–H groups in total. The lowest BCUT2D eigenvalue weighted by atomic mass is 9.97. The summed E-state index contributed by atoms with van der Waals surface area (Å²) in [7, 11) is 1.36. The van der Waals surface area contributed by atoms with Crippen molar-refractivity contribution in [2.75, 3.05) is 20.3 Å². The minimum Gasteiger partial charge on any atom is -0.452 e. The van der Waals surface area contributed by atoms with Crippen LogP contribution < -0.4 is 0 Å². The van der Waals surface area contributed by atoms with Crippen LogP contribution in [0.2, 0.25) is 0 Å². The Kier molecular flexibility index (Phi) is 16.7. The first kappa shape index (κ1) is 47.0. The molecule has 2 aliphatic heterocycles. The molecule has 0 amide bonds. The first-order valence-corrected chi connectivity index (χ1v) is 22.1. The third-order valence-corrected chi connectivity index (χ3v) is 11.3. The Morgan fingerprint density at radius 3 is 1.27 bits per heavy atom. The SMILES string of the molecule is CO[C@H]1OC(CO[C@H]2OC[C@@H](OCc3ccccc3)C(OCc3ccccc3)C2OCc2ccccc2)[C@@H](OC(=O)c2ccccc2)C(OC(=O)c2ccccc2)C1OC(=O)c1ccccc1. The van der Waals surface area contributed by atoms with Crippen molar-refractivity contribution in [3.05, 3.63) is 215 Å². The zero-order chi connectivity index (χ0) is 46.2. The average molecular weight is 909 g/mol. The summed E-state index contributed by atoms with van der Waals surface area (Å²) in [5, 5.41) is 0. The van der Waals surface area contributed by atoms with Crippen LogP contribution in [-0.4, -0.2) is 93.5 Å². The predicted molar refractivity (Wildman–Crippen MR) is 243 cm³/mol.